The predicted octanol–water partition coefficient (Wildman–Crippen LogP) is 6.86. The van der Waals surface area contributed by atoms with Gasteiger partial charge in [-0.05, 0) is 55.2 Å². The van der Waals surface area contributed by atoms with Crippen LogP contribution in [0.5, 0.6) is 0 Å². The molecule has 34 heavy (non-hydrogen) atoms. The molecule has 11 heteroatoms. The molecule has 0 aliphatic heterocycles. The molecule has 0 radical (unpaired) electrons. The summed E-state index contributed by atoms with van der Waals surface area (Å²) in [5.74, 6) is 0. The van der Waals surface area contributed by atoms with Gasteiger partial charge >= 0.3 is 0 Å². The van der Waals surface area contributed by atoms with Crippen LogP contribution >= 0.6 is 11.5 Å². The Kier molecular flexibility index (Phi) is 6.55. The highest BCUT2D eigenvalue weighted by Crippen LogP contribution is 2.35. The van der Waals surface area contributed by atoms with E-state index in [1.54, 1.807) is 24.3 Å². The Balaban J connectivity index is 1.58. The minimum absolute atomic E-state index is 0.0250. The number of rotatable bonds is 8. The van der Waals surface area contributed by atoms with Crippen LogP contribution in [0.2, 0.25) is 0 Å². The number of hydrogen-bond donors (Lipinski definition) is 0. The zero-order chi connectivity index (χ0) is 24.2. The van der Waals surface area contributed by atoms with Gasteiger partial charge in [-0.3, -0.25) is 20.2 Å². The van der Waals surface area contributed by atoms with E-state index in [-0.39, 0.29) is 16.3 Å². The Morgan fingerprint density at radius 2 is 1.79 bits per heavy atom. The number of aromatic nitrogens is 1. The van der Waals surface area contributed by atoms with Gasteiger partial charge in [0, 0.05) is 47.9 Å². The van der Waals surface area contributed by atoms with Gasteiger partial charge in [-0.2, -0.15) is 4.37 Å². The van der Waals surface area contributed by atoms with Crippen molar-refractivity contribution in [3.63, 3.8) is 0 Å². The van der Waals surface area contributed by atoms with Crippen molar-refractivity contribution in [3.8, 4) is 0 Å². The number of anilines is 1. The number of azo groups is 1. The van der Waals surface area contributed by atoms with Crippen LogP contribution in [0.1, 0.15) is 18.1 Å². The van der Waals surface area contributed by atoms with E-state index < -0.39 is 4.92 Å². The molecule has 1 heterocycles. The molecular weight excluding hydrogens is 456 g/mol. The number of aryl methyl sites for hydroxylation is 1. The minimum atomic E-state index is -0.454. The number of nitrogens with zero attached hydrogens (tertiary/aromatic N) is 6. The molecule has 0 saturated heterocycles. The number of nitro benzene ring substituents is 2. The van der Waals surface area contributed by atoms with Crippen molar-refractivity contribution in [2.24, 2.45) is 10.2 Å². The van der Waals surface area contributed by atoms with E-state index in [9.17, 15) is 20.2 Å². The van der Waals surface area contributed by atoms with Crippen molar-refractivity contribution in [3.05, 3.63) is 92.0 Å². The summed E-state index contributed by atoms with van der Waals surface area (Å²) >= 11 is 1.13. The van der Waals surface area contributed by atoms with E-state index in [1.165, 1.54) is 18.2 Å². The zero-order valence-electron chi connectivity index (χ0n) is 18.4. The molecule has 0 aliphatic carbocycles. The molecule has 4 aromatic rings. The number of non-ortho nitro benzene ring substituents is 1. The average Bonchev–Trinajstić information content (AvgIpc) is 3.24. The van der Waals surface area contributed by atoms with Gasteiger partial charge in [0.25, 0.3) is 11.4 Å². The first-order valence-electron chi connectivity index (χ1n) is 10.4. The highest BCUT2D eigenvalue weighted by atomic mass is 32.1. The maximum absolute atomic E-state index is 11.4. The van der Waals surface area contributed by atoms with Gasteiger partial charge in [0.05, 0.1) is 21.1 Å². The van der Waals surface area contributed by atoms with E-state index in [2.05, 4.69) is 14.6 Å². The summed E-state index contributed by atoms with van der Waals surface area (Å²) in [5.41, 5.74) is 3.78. The summed E-state index contributed by atoms with van der Waals surface area (Å²) in [6.45, 7) is 4.97. The van der Waals surface area contributed by atoms with Crippen LogP contribution in [0.15, 0.2) is 70.9 Å². The first-order valence-corrected chi connectivity index (χ1v) is 11.2. The van der Waals surface area contributed by atoms with Crippen LogP contribution in [0.4, 0.5) is 27.8 Å². The SMILES string of the molecule is CCN(Cc1ccccc1[N+](=O)[O-])c1ccc(N=Nc2snc3ccc([N+](=O)[O-])cc23)c(C)c1. The van der Waals surface area contributed by atoms with E-state index in [0.717, 1.165) is 22.8 Å². The highest BCUT2D eigenvalue weighted by molar-refractivity contribution is 7.11. The van der Waals surface area contributed by atoms with Crippen LogP contribution in [0, 0.1) is 27.2 Å². The second kappa shape index (κ2) is 9.71. The molecule has 10 nitrogen and oxygen atoms in total. The van der Waals surface area contributed by atoms with Crippen molar-refractivity contribution in [1.82, 2.24) is 4.37 Å². The lowest BCUT2D eigenvalue weighted by Crippen LogP contribution is -2.22. The maximum Gasteiger partial charge on any atom is 0.274 e. The van der Waals surface area contributed by atoms with E-state index in [0.29, 0.717) is 40.2 Å². The largest absolute Gasteiger partial charge is 0.367 e. The molecule has 0 spiro atoms. The molecule has 0 atom stereocenters. The highest BCUT2D eigenvalue weighted by Gasteiger charge is 2.16. The topological polar surface area (TPSA) is 127 Å². The average molecular weight is 477 g/mol. The van der Waals surface area contributed by atoms with Gasteiger partial charge in [-0.1, -0.05) is 18.2 Å². The number of nitro groups is 2. The lowest BCUT2D eigenvalue weighted by atomic mass is 10.1. The van der Waals surface area contributed by atoms with Crippen molar-refractivity contribution in [2.45, 2.75) is 20.4 Å². The lowest BCUT2D eigenvalue weighted by molar-refractivity contribution is -0.385. The Morgan fingerprint density at radius 1 is 1.00 bits per heavy atom. The quantitative estimate of drug-likeness (QED) is 0.155. The second-order valence-electron chi connectivity index (χ2n) is 7.52. The van der Waals surface area contributed by atoms with Crippen molar-refractivity contribution in [1.29, 1.82) is 0 Å². The van der Waals surface area contributed by atoms with Gasteiger partial charge < -0.3 is 4.90 Å². The molecule has 0 aliphatic rings. The van der Waals surface area contributed by atoms with Gasteiger partial charge in [0.1, 0.15) is 0 Å². The van der Waals surface area contributed by atoms with Crippen LogP contribution in [0.25, 0.3) is 10.9 Å². The second-order valence-corrected chi connectivity index (χ2v) is 8.27. The van der Waals surface area contributed by atoms with Crippen LogP contribution < -0.4 is 4.90 Å². The molecule has 0 fully saturated rings. The fourth-order valence-corrected chi connectivity index (χ4v) is 4.25. The summed E-state index contributed by atoms with van der Waals surface area (Å²) in [6, 6.07) is 16.9. The first-order chi connectivity index (χ1) is 16.4. The Hall–Kier alpha value is -4.25. The summed E-state index contributed by atoms with van der Waals surface area (Å²) < 4.78 is 4.27. The fraction of sp³-hybridized carbons (Fsp3) is 0.174. The Labute approximate surface area is 198 Å². The summed E-state index contributed by atoms with van der Waals surface area (Å²) in [7, 11) is 0. The molecule has 0 bridgehead atoms. The molecule has 172 valence electrons. The number of benzene rings is 3. The number of para-hydroxylation sites is 1. The predicted molar refractivity (Wildman–Crippen MR) is 131 cm³/mol. The van der Waals surface area contributed by atoms with E-state index in [4.69, 9.17) is 0 Å². The van der Waals surface area contributed by atoms with Gasteiger partial charge in [-0.25, -0.2) is 0 Å². The maximum atomic E-state index is 11.4. The molecule has 3 aromatic carbocycles. The van der Waals surface area contributed by atoms with Crippen LogP contribution in [-0.2, 0) is 6.54 Å². The van der Waals surface area contributed by atoms with Crippen molar-refractivity contribution >= 4 is 50.2 Å². The van der Waals surface area contributed by atoms with Gasteiger partial charge in [0.15, 0.2) is 5.00 Å². The van der Waals surface area contributed by atoms with E-state index >= 15 is 0 Å². The zero-order valence-corrected chi connectivity index (χ0v) is 19.2. The normalized spacial score (nSPS) is 11.2. The van der Waals surface area contributed by atoms with Crippen molar-refractivity contribution in [2.75, 3.05) is 11.4 Å². The van der Waals surface area contributed by atoms with Gasteiger partial charge in [0.2, 0.25) is 0 Å². The number of fused-ring (bicyclic) bond motifs is 1. The van der Waals surface area contributed by atoms with Crippen LogP contribution in [-0.4, -0.2) is 20.8 Å². The molecule has 4 rings (SSSR count). The molecule has 0 amide bonds. The minimum Gasteiger partial charge on any atom is -0.367 e. The molecule has 0 unspecified atom stereocenters. The lowest BCUT2D eigenvalue weighted by Gasteiger charge is -2.23. The molecule has 0 saturated carbocycles. The Morgan fingerprint density at radius 3 is 2.50 bits per heavy atom. The smallest absolute Gasteiger partial charge is 0.274 e. The fourth-order valence-electron chi connectivity index (χ4n) is 3.56. The summed E-state index contributed by atoms with van der Waals surface area (Å²) in [5, 5.41) is 32.1. The summed E-state index contributed by atoms with van der Waals surface area (Å²) in [6.07, 6.45) is 0. The molecular formula is C23H20N6O4S. The third-order valence-electron chi connectivity index (χ3n) is 5.38. The summed E-state index contributed by atoms with van der Waals surface area (Å²) in [4.78, 5) is 23.7. The van der Waals surface area contributed by atoms with Crippen molar-refractivity contribution < 1.29 is 9.85 Å². The third kappa shape index (κ3) is 4.74. The third-order valence-corrected chi connectivity index (χ3v) is 6.14. The molecule has 1 aromatic heterocycles. The number of hydrogen-bond acceptors (Lipinski definition) is 9. The molecule has 0 N–H and O–H groups in total. The Bertz CT molecular complexity index is 1420. The van der Waals surface area contributed by atoms with E-state index in [1.807, 2.05) is 36.9 Å². The standard InChI is InChI=1S/C23H20N6O4S/c1-3-27(14-16-6-4-5-7-22(16)29(32)33)17-8-10-20(15(2)12-17)24-25-23-19-13-18(28(30)31)9-11-21(19)26-34-23/h4-13H,3,14H2,1-2H3. The van der Waals surface area contributed by atoms with Gasteiger partial charge in [-0.15, -0.1) is 10.2 Å². The monoisotopic (exact) mass is 476 g/mol. The van der Waals surface area contributed by atoms with Crippen LogP contribution in [0.3, 0.4) is 0 Å². The first kappa shape index (κ1) is 22.9.